The van der Waals surface area contributed by atoms with Crippen LogP contribution in [0.3, 0.4) is 0 Å². The Labute approximate surface area is 168 Å². The number of likely N-dealkylation sites (N-methyl/N-ethyl adjacent to an activating group) is 1. The van der Waals surface area contributed by atoms with E-state index in [1.54, 1.807) is 7.11 Å². The van der Waals surface area contributed by atoms with Gasteiger partial charge in [-0.05, 0) is 54.1 Å². The topological polar surface area (TPSA) is 75.9 Å². The van der Waals surface area contributed by atoms with Gasteiger partial charge in [0, 0.05) is 20.2 Å². The van der Waals surface area contributed by atoms with E-state index < -0.39 is 0 Å². The summed E-state index contributed by atoms with van der Waals surface area (Å²) in [4.78, 5) is 14.3. The van der Waals surface area contributed by atoms with Crippen molar-refractivity contribution in [1.82, 2.24) is 10.2 Å². The number of alkyl carbamates (subject to hydrolysis) is 1. The van der Waals surface area contributed by atoms with Crippen LogP contribution in [-0.2, 0) is 18.9 Å². The monoisotopic (exact) mass is 396 g/mol. The Hall–Kier alpha value is -1.15. The van der Waals surface area contributed by atoms with Crippen LogP contribution in [0, 0.1) is 5.92 Å². The minimum Gasteiger partial charge on any atom is -0.443 e. The quantitative estimate of drug-likeness (QED) is 0.501. The summed E-state index contributed by atoms with van der Waals surface area (Å²) >= 11 is 0. The minimum absolute atomic E-state index is 0.0499. The van der Waals surface area contributed by atoms with E-state index >= 15 is 0 Å². The Morgan fingerprint density at radius 2 is 2.07 bits per heavy atom. The van der Waals surface area contributed by atoms with Crippen LogP contribution in [0.1, 0.15) is 40.0 Å². The summed E-state index contributed by atoms with van der Waals surface area (Å²) in [5, 5.41) is 2.82. The first-order valence-corrected chi connectivity index (χ1v) is 10.3. The van der Waals surface area contributed by atoms with E-state index in [0.29, 0.717) is 6.54 Å². The molecule has 6 atom stereocenters. The third kappa shape index (κ3) is 4.53. The molecule has 6 unspecified atom stereocenters. The zero-order chi connectivity index (χ0) is 20.5. The molecule has 0 aromatic rings. The molecular formula is C21H36N2O5. The number of rotatable bonds is 8. The highest BCUT2D eigenvalue weighted by Gasteiger charge is 2.72. The number of nitrogens with one attached hydrogen (secondary N) is 1. The van der Waals surface area contributed by atoms with Gasteiger partial charge in [0.1, 0.15) is 23.4 Å². The average Bonchev–Trinajstić information content (AvgIpc) is 3.52. The van der Waals surface area contributed by atoms with Gasteiger partial charge in [0.2, 0.25) is 0 Å². The van der Waals surface area contributed by atoms with Crippen molar-refractivity contribution >= 4 is 6.09 Å². The van der Waals surface area contributed by atoms with Crippen LogP contribution in [0.5, 0.6) is 0 Å². The van der Waals surface area contributed by atoms with Crippen molar-refractivity contribution in [2.75, 3.05) is 40.9 Å². The van der Waals surface area contributed by atoms with Gasteiger partial charge in [-0.1, -0.05) is 11.6 Å². The fraction of sp³-hybridized carbons (Fsp3) is 0.857. The van der Waals surface area contributed by atoms with Crippen LogP contribution < -0.4 is 5.32 Å². The van der Waals surface area contributed by atoms with Crippen molar-refractivity contribution in [2.24, 2.45) is 5.92 Å². The first-order chi connectivity index (χ1) is 13.2. The third-order valence-corrected chi connectivity index (χ3v) is 6.32. The molecule has 0 aromatic carbocycles. The Kier molecular flexibility index (Phi) is 6.39. The van der Waals surface area contributed by atoms with E-state index in [9.17, 15) is 4.79 Å². The molecule has 7 nitrogen and oxygen atoms in total. The standard InChI is InChI=1S/C21H36N2O5/c1-14(2)7-8-16-20(3,28-16)18-17(25-6)15(9-10-21(18)13-26-21)27-19(24)22-11-12-23(4)5/h7,15-18H,8-13H2,1-6H3,(H,22,24). The lowest BCUT2D eigenvalue weighted by molar-refractivity contribution is -0.118. The predicted octanol–water partition coefficient (Wildman–Crippen LogP) is 2.35. The summed E-state index contributed by atoms with van der Waals surface area (Å²) in [7, 11) is 5.63. The molecule has 3 fully saturated rings. The van der Waals surface area contributed by atoms with E-state index in [-0.39, 0.29) is 41.5 Å². The van der Waals surface area contributed by atoms with Crippen LogP contribution in [-0.4, -0.2) is 81.4 Å². The normalized spacial score (nSPS) is 39.0. The van der Waals surface area contributed by atoms with Crippen molar-refractivity contribution in [3.8, 4) is 0 Å². The fourth-order valence-corrected chi connectivity index (χ4v) is 4.63. The number of allylic oxidation sites excluding steroid dienone is 1. The van der Waals surface area contributed by atoms with Crippen molar-refractivity contribution < 1.29 is 23.7 Å². The van der Waals surface area contributed by atoms with Gasteiger partial charge >= 0.3 is 6.09 Å². The molecule has 3 aliphatic rings. The lowest BCUT2D eigenvalue weighted by atomic mass is 9.68. The number of nitrogens with zero attached hydrogens (tertiary/aromatic N) is 1. The lowest BCUT2D eigenvalue weighted by Crippen LogP contribution is -2.56. The van der Waals surface area contributed by atoms with Crippen molar-refractivity contribution in [3.05, 3.63) is 11.6 Å². The summed E-state index contributed by atoms with van der Waals surface area (Å²) in [6.45, 7) is 8.40. The van der Waals surface area contributed by atoms with Gasteiger partial charge in [-0.25, -0.2) is 4.79 Å². The van der Waals surface area contributed by atoms with Crippen molar-refractivity contribution in [1.29, 1.82) is 0 Å². The average molecular weight is 397 g/mol. The first kappa shape index (κ1) is 21.6. The van der Waals surface area contributed by atoms with Crippen LogP contribution in [0.2, 0.25) is 0 Å². The van der Waals surface area contributed by atoms with Gasteiger partial charge in [0.25, 0.3) is 0 Å². The Morgan fingerprint density at radius 3 is 2.64 bits per heavy atom. The summed E-state index contributed by atoms with van der Waals surface area (Å²) in [6.07, 6.45) is 3.94. The molecule has 2 aliphatic heterocycles. The van der Waals surface area contributed by atoms with E-state index in [0.717, 1.165) is 32.4 Å². The summed E-state index contributed by atoms with van der Waals surface area (Å²) in [6, 6.07) is 0. The molecule has 28 heavy (non-hydrogen) atoms. The smallest absolute Gasteiger partial charge is 0.407 e. The molecule has 1 N–H and O–H groups in total. The van der Waals surface area contributed by atoms with Gasteiger partial charge in [0.05, 0.1) is 18.6 Å². The summed E-state index contributed by atoms with van der Waals surface area (Å²) in [5.41, 5.74) is 0.779. The molecule has 1 amide bonds. The molecular weight excluding hydrogens is 360 g/mol. The largest absolute Gasteiger partial charge is 0.443 e. The molecule has 0 bridgehead atoms. The first-order valence-electron chi connectivity index (χ1n) is 10.3. The number of methoxy groups -OCH3 is 1. The fourth-order valence-electron chi connectivity index (χ4n) is 4.63. The second-order valence-corrected chi connectivity index (χ2v) is 9.05. The second-order valence-electron chi connectivity index (χ2n) is 9.05. The molecule has 1 spiro atoms. The molecule has 7 heteroatoms. The third-order valence-electron chi connectivity index (χ3n) is 6.32. The number of hydrogen-bond donors (Lipinski definition) is 1. The Balaban J connectivity index is 1.66. The predicted molar refractivity (Wildman–Crippen MR) is 106 cm³/mol. The zero-order valence-corrected chi connectivity index (χ0v) is 18.1. The number of carbonyl (C=O) groups is 1. The molecule has 0 radical (unpaired) electrons. The highest BCUT2D eigenvalue weighted by atomic mass is 16.6. The molecule has 3 rings (SSSR count). The maximum atomic E-state index is 12.3. The highest BCUT2D eigenvalue weighted by molar-refractivity contribution is 5.67. The van der Waals surface area contributed by atoms with E-state index in [4.69, 9.17) is 18.9 Å². The van der Waals surface area contributed by atoms with Gasteiger partial charge < -0.3 is 29.2 Å². The molecule has 160 valence electrons. The second kappa shape index (κ2) is 8.30. The number of carbonyl (C=O) groups excluding carboxylic acids is 1. The number of epoxide rings is 2. The highest BCUT2D eigenvalue weighted by Crippen LogP contribution is 2.59. The van der Waals surface area contributed by atoms with Crippen LogP contribution in [0.15, 0.2) is 11.6 Å². The van der Waals surface area contributed by atoms with E-state index in [1.807, 2.05) is 19.0 Å². The van der Waals surface area contributed by atoms with Crippen molar-refractivity contribution in [2.45, 2.75) is 69.5 Å². The minimum atomic E-state index is -0.386. The number of ether oxygens (including phenoxy) is 4. The van der Waals surface area contributed by atoms with Crippen LogP contribution >= 0.6 is 0 Å². The molecule has 0 aromatic heterocycles. The van der Waals surface area contributed by atoms with E-state index in [1.165, 1.54) is 5.57 Å². The number of amides is 1. The lowest BCUT2D eigenvalue weighted by Gasteiger charge is -2.42. The molecule has 2 saturated heterocycles. The van der Waals surface area contributed by atoms with Crippen molar-refractivity contribution in [3.63, 3.8) is 0 Å². The van der Waals surface area contributed by atoms with Crippen LogP contribution in [0.4, 0.5) is 4.79 Å². The maximum absolute atomic E-state index is 12.3. The van der Waals surface area contributed by atoms with Crippen LogP contribution in [0.25, 0.3) is 0 Å². The maximum Gasteiger partial charge on any atom is 0.407 e. The summed E-state index contributed by atoms with van der Waals surface area (Å²) < 4.78 is 23.8. The summed E-state index contributed by atoms with van der Waals surface area (Å²) in [5.74, 6) is 0.0499. The van der Waals surface area contributed by atoms with Gasteiger partial charge in [-0.15, -0.1) is 0 Å². The van der Waals surface area contributed by atoms with E-state index in [2.05, 4.69) is 32.2 Å². The number of hydrogen-bond acceptors (Lipinski definition) is 6. The molecule has 1 aliphatic carbocycles. The van der Waals surface area contributed by atoms with Gasteiger partial charge in [-0.3, -0.25) is 0 Å². The zero-order valence-electron chi connectivity index (χ0n) is 18.1. The van der Waals surface area contributed by atoms with Gasteiger partial charge in [0.15, 0.2) is 0 Å². The Morgan fingerprint density at radius 1 is 1.36 bits per heavy atom. The SMILES string of the molecule is COC1C(OC(=O)NCCN(C)C)CCC2(CO2)C1C1(C)OC1CC=C(C)C. The molecule has 1 saturated carbocycles. The molecule has 2 heterocycles. The Bertz CT molecular complexity index is 600. The van der Waals surface area contributed by atoms with Gasteiger partial charge in [-0.2, -0.15) is 0 Å².